The maximum Gasteiger partial charge on any atom is 0.258 e. The van der Waals surface area contributed by atoms with E-state index < -0.39 is 6.10 Å². The van der Waals surface area contributed by atoms with Crippen molar-refractivity contribution in [1.82, 2.24) is 10.1 Å². The third-order valence-corrected chi connectivity index (χ3v) is 2.78. The Morgan fingerprint density at radius 2 is 2.22 bits per heavy atom. The lowest BCUT2D eigenvalue weighted by molar-refractivity contribution is 0.159. The van der Waals surface area contributed by atoms with Crippen LogP contribution in [0.5, 0.6) is 5.75 Å². The van der Waals surface area contributed by atoms with E-state index >= 15 is 0 Å². The zero-order chi connectivity index (χ0) is 13.1. The smallest absolute Gasteiger partial charge is 0.258 e. The molecular weight excluding hydrogens is 232 g/mol. The van der Waals surface area contributed by atoms with Gasteiger partial charge in [0.15, 0.2) is 0 Å². The molecule has 5 heteroatoms. The van der Waals surface area contributed by atoms with Crippen molar-refractivity contribution in [2.75, 3.05) is 7.11 Å². The van der Waals surface area contributed by atoms with Crippen LogP contribution in [-0.2, 0) is 0 Å². The minimum atomic E-state index is -0.685. The summed E-state index contributed by atoms with van der Waals surface area (Å²) in [4.78, 5) is 4.17. The number of aliphatic hydroxyl groups excluding tert-OH is 1. The fraction of sp³-hybridized carbons (Fsp3) is 0.385. The van der Waals surface area contributed by atoms with Crippen LogP contribution >= 0.6 is 0 Å². The van der Waals surface area contributed by atoms with E-state index in [-0.39, 0.29) is 0 Å². The van der Waals surface area contributed by atoms with E-state index in [4.69, 9.17) is 9.26 Å². The van der Waals surface area contributed by atoms with E-state index in [1.807, 2.05) is 32.0 Å². The summed E-state index contributed by atoms with van der Waals surface area (Å²) in [6.45, 7) is 3.82. The van der Waals surface area contributed by atoms with Crippen LogP contribution in [0, 0.1) is 6.92 Å². The zero-order valence-corrected chi connectivity index (χ0v) is 10.7. The Hall–Kier alpha value is -1.88. The molecule has 0 saturated carbocycles. The first-order chi connectivity index (χ1) is 8.65. The van der Waals surface area contributed by atoms with Crippen LogP contribution in [0.2, 0.25) is 0 Å². The van der Waals surface area contributed by atoms with Crippen molar-refractivity contribution in [3.8, 4) is 17.2 Å². The van der Waals surface area contributed by atoms with Crippen molar-refractivity contribution < 1.29 is 14.4 Å². The van der Waals surface area contributed by atoms with Crippen molar-refractivity contribution in [2.45, 2.75) is 26.4 Å². The van der Waals surface area contributed by atoms with Crippen LogP contribution in [0.25, 0.3) is 11.5 Å². The second kappa shape index (κ2) is 5.18. The van der Waals surface area contributed by atoms with Gasteiger partial charge in [0.1, 0.15) is 11.9 Å². The highest BCUT2D eigenvalue weighted by Gasteiger charge is 2.15. The third-order valence-electron chi connectivity index (χ3n) is 2.78. The molecule has 0 radical (unpaired) electrons. The number of aliphatic hydroxyl groups is 1. The number of nitrogens with zero attached hydrogens (tertiary/aromatic N) is 2. The molecule has 2 aromatic rings. The van der Waals surface area contributed by atoms with Crippen molar-refractivity contribution in [3.05, 3.63) is 29.6 Å². The summed E-state index contributed by atoms with van der Waals surface area (Å²) in [6.07, 6.45) is -0.134. The second-order valence-electron chi connectivity index (χ2n) is 4.07. The topological polar surface area (TPSA) is 68.4 Å². The first kappa shape index (κ1) is 12.6. The van der Waals surface area contributed by atoms with Crippen LogP contribution in [0.1, 0.15) is 30.8 Å². The van der Waals surface area contributed by atoms with Gasteiger partial charge in [-0.25, -0.2) is 0 Å². The molecule has 0 saturated heterocycles. The normalized spacial score (nSPS) is 12.4. The monoisotopic (exact) mass is 248 g/mol. The van der Waals surface area contributed by atoms with Gasteiger partial charge < -0.3 is 14.4 Å². The van der Waals surface area contributed by atoms with Gasteiger partial charge in [0.2, 0.25) is 5.82 Å². The number of rotatable bonds is 4. The van der Waals surface area contributed by atoms with Gasteiger partial charge in [-0.2, -0.15) is 4.98 Å². The molecule has 0 aliphatic carbocycles. The van der Waals surface area contributed by atoms with E-state index in [2.05, 4.69) is 10.1 Å². The fourth-order valence-electron chi connectivity index (χ4n) is 1.62. The molecule has 2 rings (SSSR count). The summed E-state index contributed by atoms with van der Waals surface area (Å²) in [6, 6.07) is 5.65. The minimum Gasteiger partial charge on any atom is -0.496 e. The third kappa shape index (κ3) is 2.36. The van der Waals surface area contributed by atoms with E-state index in [1.54, 1.807) is 7.11 Å². The molecule has 1 aromatic heterocycles. The number of aryl methyl sites for hydroxylation is 1. The maximum absolute atomic E-state index is 9.62. The largest absolute Gasteiger partial charge is 0.496 e. The molecule has 0 aliphatic heterocycles. The fourth-order valence-corrected chi connectivity index (χ4v) is 1.62. The van der Waals surface area contributed by atoms with Crippen LogP contribution in [0.15, 0.2) is 22.7 Å². The molecule has 0 fully saturated rings. The van der Waals surface area contributed by atoms with E-state index in [0.29, 0.717) is 18.1 Å². The van der Waals surface area contributed by atoms with Gasteiger partial charge in [-0.3, -0.25) is 0 Å². The average Bonchev–Trinajstić information content (AvgIpc) is 2.88. The van der Waals surface area contributed by atoms with Crippen molar-refractivity contribution in [2.24, 2.45) is 0 Å². The summed E-state index contributed by atoms with van der Waals surface area (Å²) in [5.41, 5.74) is 1.81. The maximum atomic E-state index is 9.62. The molecule has 1 N–H and O–H groups in total. The molecule has 1 aromatic carbocycles. The lowest BCUT2D eigenvalue weighted by Gasteiger charge is -2.04. The van der Waals surface area contributed by atoms with Gasteiger partial charge in [0, 0.05) is 5.56 Å². The molecule has 5 nitrogen and oxygen atoms in total. The van der Waals surface area contributed by atoms with Crippen LogP contribution in [0.3, 0.4) is 0 Å². The quantitative estimate of drug-likeness (QED) is 0.900. The predicted octanol–water partition coefficient (Wildman–Crippen LogP) is 2.50. The molecular formula is C13H16N2O3. The van der Waals surface area contributed by atoms with Gasteiger partial charge in [-0.15, -0.1) is 0 Å². The standard InChI is InChI=1S/C13H16N2O3/c1-4-10(16)12-14-13(18-15-12)9-6-5-8(2)11(7-9)17-3/h5-7,10,16H,4H2,1-3H3. The number of aromatic nitrogens is 2. The number of methoxy groups -OCH3 is 1. The summed E-state index contributed by atoms with van der Waals surface area (Å²) in [5, 5.41) is 13.4. The van der Waals surface area contributed by atoms with Gasteiger partial charge >= 0.3 is 0 Å². The van der Waals surface area contributed by atoms with E-state index in [1.165, 1.54) is 0 Å². The molecule has 1 heterocycles. The van der Waals surface area contributed by atoms with Crippen molar-refractivity contribution in [3.63, 3.8) is 0 Å². The van der Waals surface area contributed by atoms with Gasteiger partial charge in [-0.05, 0) is 31.0 Å². The highest BCUT2D eigenvalue weighted by atomic mass is 16.5. The van der Waals surface area contributed by atoms with Crippen LogP contribution < -0.4 is 4.74 Å². The summed E-state index contributed by atoms with van der Waals surface area (Å²) in [5.74, 6) is 1.46. The Labute approximate surface area is 105 Å². The second-order valence-corrected chi connectivity index (χ2v) is 4.07. The Balaban J connectivity index is 2.34. The molecule has 1 atom stereocenters. The number of hydrogen-bond donors (Lipinski definition) is 1. The van der Waals surface area contributed by atoms with Gasteiger partial charge in [0.05, 0.1) is 7.11 Å². The van der Waals surface area contributed by atoms with Crippen molar-refractivity contribution >= 4 is 0 Å². The van der Waals surface area contributed by atoms with E-state index in [9.17, 15) is 5.11 Å². The first-order valence-corrected chi connectivity index (χ1v) is 5.82. The van der Waals surface area contributed by atoms with Crippen molar-refractivity contribution in [1.29, 1.82) is 0 Å². The predicted molar refractivity (Wildman–Crippen MR) is 66.3 cm³/mol. The van der Waals surface area contributed by atoms with Crippen LogP contribution in [0.4, 0.5) is 0 Å². The Bertz CT molecular complexity index is 537. The lowest BCUT2D eigenvalue weighted by atomic mass is 10.1. The Morgan fingerprint density at radius 1 is 1.44 bits per heavy atom. The highest BCUT2D eigenvalue weighted by molar-refractivity contribution is 5.57. The van der Waals surface area contributed by atoms with Gasteiger partial charge in [-0.1, -0.05) is 18.1 Å². The minimum absolute atomic E-state index is 0.312. The molecule has 0 spiro atoms. The molecule has 0 bridgehead atoms. The summed E-state index contributed by atoms with van der Waals surface area (Å²) in [7, 11) is 1.62. The molecule has 0 aliphatic rings. The Morgan fingerprint density at radius 3 is 2.89 bits per heavy atom. The molecule has 0 amide bonds. The summed E-state index contributed by atoms with van der Waals surface area (Å²) < 4.78 is 10.4. The Kier molecular flexibility index (Phi) is 3.62. The number of hydrogen-bond acceptors (Lipinski definition) is 5. The van der Waals surface area contributed by atoms with E-state index in [0.717, 1.165) is 16.9 Å². The number of benzene rings is 1. The lowest BCUT2D eigenvalue weighted by Crippen LogP contribution is -1.97. The molecule has 96 valence electrons. The SMILES string of the molecule is CCC(O)c1noc(-c2ccc(C)c(OC)c2)n1. The summed E-state index contributed by atoms with van der Waals surface area (Å²) >= 11 is 0. The van der Waals surface area contributed by atoms with Gasteiger partial charge in [0.25, 0.3) is 5.89 Å². The highest BCUT2D eigenvalue weighted by Crippen LogP contribution is 2.26. The molecule has 1 unspecified atom stereocenters. The van der Waals surface area contributed by atoms with Crippen LogP contribution in [-0.4, -0.2) is 22.4 Å². The zero-order valence-electron chi connectivity index (χ0n) is 10.7. The first-order valence-electron chi connectivity index (χ1n) is 5.82. The average molecular weight is 248 g/mol. The molecule has 18 heavy (non-hydrogen) atoms. The number of ether oxygens (including phenoxy) is 1.